The summed E-state index contributed by atoms with van der Waals surface area (Å²) in [5.74, 6) is 0. The van der Waals surface area contributed by atoms with Crippen molar-refractivity contribution < 1.29 is 24.5 Å². The van der Waals surface area contributed by atoms with Crippen LogP contribution in [0.4, 0.5) is 0 Å². The number of hydrogen-bond acceptors (Lipinski definition) is 2. The largest absolute Gasteiger partial charge is 2.00 e. The molecule has 0 amide bonds. The molecule has 0 aromatic carbocycles. The van der Waals surface area contributed by atoms with Gasteiger partial charge in [0, 0.05) is 0 Å². The average molecular weight is 127 g/mol. The molecular formula is H9MgNO5. The smallest absolute Gasteiger partial charge is 1.00 e. The molecule has 0 rings (SSSR count). The van der Waals surface area contributed by atoms with E-state index >= 15 is 0 Å². The molecule has 7 N–H and O–H groups in total. The van der Waals surface area contributed by atoms with Crippen LogP contribution in [0.3, 0.4) is 0 Å². The van der Waals surface area contributed by atoms with E-state index in [0.717, 1.165) is 0 Å². The molecule has 7 heteroatoms. The van der Waals surface area contributed by atoms with Crippen LogP contribution in [0.5, 0.6) is 0 Å². The SMILES string of the molecule is O.O.O.O=NO.[H-].[H-].[Mg+2]. The maximum Gasteiger partial charge on any atom is 2.00 e. The van der Waals surface area contributed by atoms with Gasteiger partial charge in [0.1, 0.15) is 0 Å². The second kappa shape index (κ2) is 141. The van der Waals surface area contributed by atoms with Gasteiger partial charge >= 0.3 is 23.1 Å². The quantitative estimate of drug-likeness (QED) is 0.218. The number of rotatable bonds is 0. The third-order valence-electron chi connectivity index (χ3n) is 0. The molecule has 6 nitrogen and oxygen atoms in total. The van der Waals surface area contributed by atoms with Crippen LogP contribution in [-0.2, 0) is 0 Å². The summed E-state index contributed by atoms with van der Waals surface area (Å²) in [7, 11) is 0. The molecule has 0 aliphatic heterocycles. The Morgan fingerprint density at radius 1 is 1.29 bits per heavy atom. The fraction of sp³-hybridized carbons (Fsp3) is 0. The Bertz CT molecular complexity index is 22.4. The monoisotopic (exact) mass is 127 g/mol. The normalized spacial score (nSPS) is 1.71. The molecule has 0 unspecified atom stereocenters. The first-order valence-electron chi connectivity index (χ1n) is 0.383. The van der Waals surface area contributed by atoms with Gasteiger partial charge in [0.25, 0.3) is 0 Å². The van der Waals surface area contributed by atoms with Gasteiger partial charge < -0.3 is 24.5 Å². The van der Waals surface area contributed by atoms with Gasteiger partial charge in [-0.3, -0.25) is 0 Å². The van der Waals surface area contributed by atoms with Crippen molar-refractivity contribution in [2.45, 2.75) is 0 Å². The average Bonchev–Trinajstić information content (AvgIpc) is 0.918. The van der Waals surface area contributed by atoms with Crippen molar-refractivity contribution in [2.75, 3.05) is 0 Å². The fourth-order valence-corrected chi connectivity index (χ4v) is 0. The summed E-state index contributed by atoms with van der Waals surface area (Å²) in [6.45, 7) is 0. The van der Waals surface area contributed by atoms with Crippen molar-refractivity contribution in [3.63, 3.8) is 0 Å². The van der Waals surface area contributed by atoms with Crippen LogP contribution in [0.15, 0.2) is 5.34 Å². The van der Waals surface area contributed by atoms with Gasteiger partial charge in [-0.1, -0.05) is 0 Å². The minimum atomic E-state index is 0. The van der Waals surface area contributed by atoms with E-state index in [2.05, 4.69) is 0 Å². The summed E-state index contributed by atoms with van der Waals surface area (Å²) in [5.41, 5.74) is 0. The zero-order valence-corrected chi connectivity index (χ0v) is 4.92. The van der Waals surface area contributed by atoms with Crippen LogP contribution < -0.4 is 0 Å². The second-order valence-electron chi connectivity index (χ2n) is 0.0816. The van der Waals surface area contributed by atoms with Gasteiger partial charge in [-0.25, -0.2) is 0 Å². The van der Waals surface area contributed by atoms with Crippen LogP contribution in [0.1, 0.15) is 2.85 Å². The first-order chi connectivity index (χ1) is 1.41. The van der Waals surface area contributed by atoms with E-state index in [1.54, 1.807) is 0 Å². The van der Waals surface area contributed by atoms with Crippen molar-refractivity contribution in [3.8, 4) is 0 Å². The Morgan fingerprint density at radius 2 is 1.29 bits per heavy atom. The maximum atomic E-state index is 8.11. The van der Waals surface area contributed by atoms with Crippen LogP contribution in [0.25, 0.3) is 0 Å². The molecular weight excluding hydrogens is 118 g/mol. The van der Waals surface area contributed by atoms with Gasteiger partial charge in [-0.15, -0.1) is 4.91 Å². The summed E-state index contributed by atoms with van der Waals surface area (Å²) in [6, 6.07) is 0. The molecule has 0 fully saturated rings. The van der Waals surface area contributed by atoms with Crippen LogP contribution >= 0.6 is 0 Å². The van der Waals surface area contributed by atoms with Gasteiger partial charge in [0.05, 0.1) is 0 Å². The van der Waals surface area contributed by atoms with E-state index in [1.165, 1.54) is 5.34 Å². The zero-order chi connectivity index (χ0) is 2.71. The van der Waals surface area contributed by atoms with E-state index < -0.39 is 0 Å². The molecule has 0 aliphatic carbocycles. The third-order valence-corrected chi connectivity index (χ3v) is 0. The molecule has 0 spiro atoms. The molecule has 0 aromatic rings. The molecule has 46 valence electrons. The standard InChI is InChI=1S/Mg.HNO2.3H2O.2H/c;2-1-3;;;;;/h;(H,2,3);3*1H2;;/q+2;;;;;2*-1. The molecule has 0 atom stereocenters. The predicted octanol–water partition coefficient (Wildman–Crippen LogP) is -2.49. The van der Waals surface area contributed by atoms with Gasteiger partial charge in [0.2, 0.25) is 0 Å². The predicted molar refractivity (Wildman–Crippen MR) is 26.4 cm³/mol. The van der Waals surface area contributed by atoms with Crippen molar-refractivity contribution in [1.29, 1.82) is 0 Å². The summed E-state index contributed by atoms with van der Waals surface area (Å²) in [5, 5.41) is 7.89. The molecule has 0 radical (unpaired) electrons. The van der Waals surface area contributed by atoms with Gasteiger partial charge in [0.15, 0.2) is 5.34 Å². The zero-order valence-electron chi connectivity index (χ0n) is 5.51. The molecule has 0 aliphatic rings. The number of nitrogens with zero attached hydrogens (tertiary/aromatic N) is 1. The minimum Gasteiger partial charge on any atom is -1.00 e. The Morgan fingerprint density at radius 3 is 1.29 bits per heavy atom. The van der Waals surface area contributed by atoms with E-state index in [9.17, 15) is 0 Å². The second-order valence-corrected chi connectivity index (χ2v) is 0.0816. The van der Waals surface area contributed by atoms with E-state index in [-0.39, 0.29) is 42.3 Å². The van der Waals surface area contributed by atoms with Gasteiger partial charge in [-0.05, 0) is 0 Å². The van der Waals surface area contributed by atoms with Crippen molar-refractivity contribution in [3.05, 3.63) is 4.91 Å². The molecule has 0 aromatic heterocycles. The van der Waals surface area contributed by atoms with E-state index in [1.807, 2.05) is 0 Å². The Balaban J connectivity index is -0.00000000133. The number of hydrogen-bond donors (Lipinski definition) is 1. The Labute approximate surface area is 58.5 Å². The molecule has 0 saturated carbocycles. The van der Waals surface area contributed by atoms with Crippen LogP contribution in [0, 0.1) is 4.91 Å². The summed E-state index contributed by atoms with van der Waals surface area (Å²) < 4.78 is 0. The molecule has 0 bridgehead atoms. The summed E-state index contributed by atoms with van der Waals surface area (Å²) in [6.07, 6.45) is 0. The molecule has 7 heavy (non-hydrogen) atoms. The van der Waals surface area contributed by atoms with Crippen molar-refractivity contribution in [2.24, 2.45) is 5.34 Å². The fourth-order valence-electron chi connectivity index (χ4n) is 0. The molecule has 0 heterocycles. The van der Waals surface area contributed by atoms with Gasteiger partial charge in [-0.2, -0.15) is 0 Å². The Hall–Kier alpha value is 0.0462. The first-order valence-corrected chi connectivity index (χ1v) is 0.383. The summed E-state index contributed by atoms with van der Waals surface area (Å²) >= 11 is 0. The maximum absolute atomic E-state index is 8.11. The third kappa shape index (κ3) is 46300. The van der Waals surface area contributed by atoms with Crippen molar-refractivity contribution in [1.82, 2.24) is 0 Å². The van der Waals surface area contributed by atoms with Crippen LogP contribution in [0.2, 0.25) is 0 Å². The van der Waals surface area contributed by atoms with E-state index in [4.69, 9.17) is 10.1 Å². The van der Waals surface area contributed by atoms with E-state index in [0.29, 0.717) is 0 Å². The topological polar surface area (TPSA) is 144 Å². The Kier molecular flexibility index (Phi) is 1240. The first kappa shape index (κ1) is 61.5. The summed E-state index contributed by atoms with van der Waals surface area (Å²) in [4.78, 5) is 8.11. The minimum absolute atomic E-state index is 0. The van der Waals surface area contributed by atoms with Crippen molar-refractivity contribution >= 4 is 23.1 Å². The molecule has 0 saturated heterocycles. The van der Waals surface area contributed by atoms with Crippen LogP contribution in [-0.4, -0.2) is 44.7 Å².